The van der Waals surface area contributed by atoms with E-state index in [1.165, 1.54) is 0 Å². The van der Waals surface area contributed by atoms with Crippen molar-refractivity contribution in [1.82, 2.24) is 9.80 Å². The van der Waals surface area contributed by atoms with E-state index < -0.39 is 0 Å². The summed E-state index contributed by atoms with van der Waals surface area (Å²) >= 11 is 0. The van der Waals surface area contributed by atoms with Crippen molar-refractivity contribution in [3.8, 4) is 17.2 Å². The van der Waals surface area contributed by atoms with E-state index in [9.17, 15) is 4.79 Å². The SMILES string of the molecule is COc1cc(CC(=O)N2CCC(OCCN3CCOCC3)C2)cc(OC)c1OC. The van der Waals surface area contributed by atoms with Crippen LogP contribution in [0.4, 0.5) is 0 Å². The Bertz CT molecular complexity index is 652. The van der Waals surface area contributed by atoms with E-state index in [2.05, 4.69) is 4.90 Å². The molecule has 0 N–H and O–H groups in total. The lowest BCUT2D eigenvalue weighted by molar-refractivity contribution is -0.130. The van der Waals surface area contributed by atoms with Gasteiger partial charge in [-0.2, -0.15) is 0 Å². The van der Waals surface area contributed by atoms with Gasteiger partial charge < -0.3 is 28.6 Å². The van der Waals surface area contributed by atoms with Crippen molar-refractivity contribution in [2.75, 3.05) is 73.9 Å². The van der Waals surface area contributed by atoms with Gasteiger partial charge in [0.05, 0.1) is 53.7 Å². The molecular weight excluding hydrogens is 376 g/mol. The van der Waals surface area contributed by atoms with Crippen molar-refractivity contribution >= 4 is 5.91 Å². The van der Waals surface area contributed by atoms with Crippen LogP contribution in [0.1, 0.15) is 12.0 Å². The molecule has 1 atom stereocenters. The lowest BCUT2D eigenvalue weighted by atomic mass is 10.1. The molecule has 2 saturated heterocycles. The number of ether oxygens (including phenoxy) is 5. The Morgan fingerprint density at radius 2 is 1.76 bits per heavy atom. The summed E-state index contributed by atoms with van der Waals surface area (Å²) in [7, 11) is 4.71. The summed E-state index contributed by atoms with van der Waals surface area (Å²) in [6.45, 7) is 6.51. The van der Waals surface area contributed by atoms with Gasteiger partial charge >= 0.3 is 0 Å². The maximum Gasteiger partial charge on any atom is 0.227 e. The van der Waals surface area contributed by atoms with Crippen molar-refractivity contribution in [3.05, 3.63) is 17.7 Å². The summed E-state index contributed by atoms with van der Waals surface area (Å²) in [5.74, 6) is 1.72. The summed E-state index contributed by atoms with van der Waals surface area (Å²) in [4.78, 5) is 17.0. The van der Waals surface area contributed by atoms with Crippen molar-refractivity contribution in [1.29, 1.82) is 0 Å². The van der Waals surface area contributed by atoms with Crippen LogP contribution in [0.25, 0.3) is 0 Å². The minimum atomic E-state index is 0.0820. The number of carbonyl (C=O) groups is 1. The minimum Gasteiger partial charge on any atom is -0.493 e. The van der Waals surface area contributed by atoms with Crippen LogP contribution in [0.5, 0.6) is 17.2 Å². The van der Waals surface area contributed by atoms with E-state index in [4.69, 9.17) is 23.7 Å². The van der Waals surface area contributed by atoms with Crippen LogP contribution in [0.2, 0.25) is 0 Å². The Morgan fingerprint density at radius 3 is 2.38 bits per heavy atom. The predicted molar refractivity (Wildman–Crippen MR) is 108 cm³/mol. The van der Waals surface area contributed by atoms with Crippen molar-refractivity contribution in [2.45, 2.75) is 18.9 Å². The van der Waals surface area contributed by atoms with Gasteiger partial charge in [0.15, 0.2) is 11.5 Å². The second-order valence-electron chi connectivity index (χ2n) is 7.29. The number of benzene rings is 1. The molecule has 29 heavy (non-hydrogen) atoms. The molecule has 1 aromatic carbocycles. The molecule has 162 valence electrons. The Hall–Kier alpha value is -2.03. The number of morpholine rings is 1. The summed E-state index contributed by atoms with van der Waals surface area (Å²) in [5.41, 5.74) is 0.834. The van der Waals surface area contributed by atoms with E-state index >= 15 is 0 Å². The zero-order valence-electron chi connectivity index (χ0n) is 17.6. The van der Waals surface area contributed by atoms with E-state index in [0.717, 1.165) is 51.4 Å². The van der Waals surface area contributed by atoms with E-state index in [-0.39, 0.29) is 18.4 Å². The summed E-state index contributed by atoms with van der Waals surface area (Å²) in [6, 6.07) is 3.65. The lowest BCUT2D eigenvalue weighted by Crippen LogP contribution is -2.39. The standard InChI is InChI=1S/C21H32N2O6/c1-25-18-12-16(13-19(26-2)21(18)27-3)14-20(24)23-5-4-17(15-23)29-11-8-22-6-9-28-10-7-22/h12-13,17H,4-11,14-15H2,1-3H3. The number of hydrogen-bond acceptors (Lipinski definition) is 7. The third kappa shape index (κ3) is 5.74. The molecule has 0 radical (unpaired) electrons. The molecule has 3 rings (SSSR count). The monoisotopic (exact) mass is 408 g/mol. The van der Waals surface area contributed by atoms with Gasteiger partial charge in [-0.05, 0) is 24.1 Å². The van der Waals surface area contributed by atoms with Crippen LogP contribution in [0.3, 0.4) is 0 Å². The minimum absolute atomic E-state index is 0.0820. The van der Waals surface area contributed by atoms with Gasteiger partial charge in [0.25, 0.3) is 0 Å². The van der Waals surface area contributed by atoms with Gasteiger partial charge in [0, 0.05) is 32.7 Å². The quantitative estimate of drug-likeness (QED) is 0.608. The largest absolute Gasteiger partial charge is 0.493 e. The number of carbonyl (C=O) groups excluding carboxylic acids is 1. The maximum atomic E-state index is 12.8. The number of likely N-dealkylation sites (tertiary alicyclic amines) is 1. The molecule has 2 aliphatic heterocycles. The fraction of sp³-hybridized carbons (Fsp3) is 0.667. The Kier molecular flexibility index (Phi) is 7.97. The summed E-state index contributed by atoms with van der Waals surface area (Å²) in [6.07, 6.45) is 1.28. The highest BCUT2D eigenvalue weighted by Crippen LogP contribution is 2.38. The Balaban J connectivity index is 1.48. The van der Waals surface area contributed by atoms with Gasteiger partial charge in [-0.1, -0.05) is 0 Å². The molecule has 0 aromatic heterocycles. The third-order valence-electron chi connectivity index (χ3n) is 5.44. The zero-order chi connectivity index (χ0) is 20.6. The molecule has 0 aliphatic carbocycles. The van der Waals surface area contributed by atoms with Gasteiger partial charge in [-0.15, -0.1) is 0 Å². The molecule has 1 aromatic rings. The van der Waals surface area contributed by atoms with E-state index in [1.807, 2.05) is 17.0 Å². The molecule has 0 bridgehead atoms. The van der Waals surface area contributed by atoms with Gasteiger partial charge in [0.1, 0.15) is 0 Å². The number of amides is 1. The first kappa shape index (κ1) is 21.7. The number of rotatable bonds is 9. The molecule has 8 heteroatoms. The fourth-order valence-electron chi connectivity index (χ4n) is 3.79. The molecule has 1 unspecified atom stereocenters. The molecule has 0 spiro atoms. The van der Waals surface area contributed by atoms with Crippen molar-refractivity contribution in [2.24, 2.45) is 0 Å². The second-order valence-corrected chi connectivity index (χ2v) is 7.29. The number of nitrogens with zero attached hydrogens (tertiary/aromatic N) is 2. The molecule has 2 heterocycles. The zero-order valence-corrected chi connectivity index (χ0v) is 17.6. The molecular formula is C21H32N2O6. The topological polar surface area (TPSA) is 69.7 Å². The highest BCUT2D eigenvalue weighted by molar-refractivity contribution is 5.79. The highest BCUT2D eigenvalue weighted by Gasteiger charge is 2.27. The van der Waals surface area contributed by atoms with Crippen LogP contribution in [-0.2, 0) is 20.7 Å². The van der Waals surface area contributed by atoms with Crippen LogP contribution in [0, 0.1) is 0 Å². The predicted octanol–water partition coefficient (Wildman–Crippen LogP) is 1.20. The average molecular weight is 408 g/mol. The maximum absolute atomic E-state index is 12.8. The molecule has 0 saturated carbocycles. The Morgan fingerprint density at radius 1 is 1.07 bits per heavy atom. The first-order chi connectivity index (χ1) is 14.1. The van der Waals surface area contributed by atoms with Crippen LogP contribution < -0.4 is 14.2 Å². The smallest absolute Gasteiger partial charge is 0.227 e. The molecule has 1 amide bonds. The highest BCUT2D eigenvalue weighted by atomic mass is 16.5. The molecule has 2 aliphatic rings. The van der Waals surface area contributed by atoms with E-state index in [1.54, 1.807) is 21.3 Å². The first-order valence-electron chi connectivity index (χ1n) is 10.1. The van der Waals surface area contributed by atoms with Crippen LogP contribution >= 0.6 is 0 Å². The van der Waals surface area contributed by atoms with Crippen LogP contribution in [-0.4, -0.2) is 95.7 Å². The lowest BCUT2D eigenvalue weighted by Gasteiger charge is -2.26. The molecule has 2 fully saturated rings. The average Bonchev–Trinajstić information content (AvgIpc) is 3.23. The van der Waals surface area contributed by atoms with Gasteiger partial charge in [-0.25, -0.2) is 0 Å². The van der Waals surface area contributed by atoms with Crippen LogP contribution in [0.15, 0.2) is 12.1 Å². The first-order valence-corrected chi connectivity index (χ1v) is 10.1. The van der Waals surface area contributed by atoms with Crippen molar-refractivity contribution < 1.29 is 28.5 Å². The summed E-state index contributed by atoms with van der Waals surface area (Å²) < 4.78 is 27.5. The van der Waals surface area contributed by atoms with Crippen molar-refractivity contribution in [3.63, 3.8) is 0 Å². The second kappa shape index (κ2) is 10.7. The van der Waals surface area contributed by atoms with Gasteiger partial charge in [-0.3, -0.25) is 9.69 Å². The summed E-state index contributed by atoms with van der Waals surface area (Å²) in [5, 5.41) is 0. The van der Waals surface area contributed by atoms with Gasteiger partial charge in [0.2, 0.25) is 11.7 Å². The number of hydrogen-bond donors (Lipinski definition) is 0. The normalized spacial score (nSPS) is 20.0. The Labute approximate surface area is 172 Å². The van der Waals surface area contributed by atoms with E-state index in [0.29, 0.717) is 30.4 Å². The third-order valence-corrected chi connectivity index (χ3v) is 5.44. The number of methoxy groups -OCH3 is 3. The molecule has 8 nitrogen and oxygen atoms in total. The fourth-order valence-corrected chi connectivity index (χ4v) is 3.79.